The van der Waals surface area contributed by atoms with Crippen molar-refractivity contribution in [3.05, 3.63) is 60.2 Å². The lowest BCUT2D eigenvalue weighted by molar-refractivity contribution is -0.137. The van der Waals surface area contributed by atoms with Gasteiger partial charge in [-0.1, -0.05) is 42.5 Å². The first-order valence-corrected chi connectivity index (χ1v) is 11.7. The summed E-state index contributed by atoms with van der Waals surface area (Å²) in [7, 11) is -1.91. The lowest BCUT2D eigenvalue weighted by atomic mass is 10.2. The Kier molecular flexibility index (Phi) is 4.90. The number of rotatable bonds is 6. The molecule has 2 aromatic carbocycles. The first kappa shape index (κ1) is 17.2. The third kappa shape index (κ3) is 4.48. The van der Waals surface area contributed by atoms with Crippen LogP contribution in [0.1, 0.15) is 5.56 Å². The van der Waals surface area contributed by atoms with Crippen LogP contribution in [0.3, 0.4) is 0 Å². The van der Waals surface area contributed by atoms with Crippen LogP contribution < -0.4 is 4.74 Å². The minimum absolute atomic E-state index is 0.128. The van der Waals surface area contributed by atoms with E-state index in [1.165, 1.54) is 0 Å². The molecule has 0 fully saturated rings. The van der Waals surface area contributed by atoms with Gasteiger partial charge in [0.25, 0.3) is 0 Å². The zero-order chi connectivity index (χ0) is 17.9. The number of hydrogen-bond acceptors (Lipinski definition) is 4. The van der Waals surface area contributed by atoms with Gasteiger partial charge in [0.2, 0.25) is 14.2 Å². The molecule has 25 heavy (non-hydrogen) atoms. The van der Waals surface area contributed by atoms with Crippen molar-refractivity contribution in [2.24, 2.45) is 0 Å². The van der Waals surface area contributed by atoms with Gasteiger partial charge in [-0.05, 0) is 37.3 Å². The molecule has 0 bridgehead atoms. The Morgan fingerprint density at radius 3 is 2.44 bits per heavy atom. The lowest BCUT2D eigenvalue weighted by Crippen LogP contribution is -2.31. The van der Waals surface area contributed by atoms with Crippen LogP contribution >= 0.6 is 0 Å². The van der Waals surface area contributed by atoms with Crippen molar-refractivity contribution in [3.8, 4) is 5.88 Å². The van der Waals surface area contributed by atoms with E-state index < -0.39 is 8.32 Å². The number of carbonyl (C=O) groups excluding carboxylic acids is 1. The van der Waals surface area contributed by atoms with Gasteiger partial charge in [-0.3, -0.25) is 4.68 Å². The maximum Gasteiger partial charge on any atom is 0.330 e. The molecule has 5 nitrogen and oxygen atoms in total. The highest BCUT2D eigenvalue weighted by atomic mass is 28.4. The zero-order valence-corrected chi connectivity index (χ0v) is 15.7. The fourth-order valence-electron chi connectivity index (χ4n) is 2.58. The van der Waals surface area contributed by atoms with Gasteiger partial charge >= 0.3 is 5.97 Å². The molecule has 0 N–H and O–H groups in total. The Labute approximate surface area is 148 Å². The number of fused-ring (bicyclic) bond motifs is 1. The standard InChI is InChI=1S/C19H22N2O3Si/c1-25(2,3)24-18(22)14-23-19-16-11-7-8-12-17(16)21(20-19)13-15-9-5-4-6-10-15/h4-12H,13-14H2,1-3H3. The summed E-state index contributed by atoms with van der Waals surface area (Å²) in [6, 6.07) is 18.0. The second-order valence-electron chi connectivity index (χ2n) is 6.84. The van der Waals surface area contributed by atoms with Crippen LogP contribution in [0.2, 0.25) is 19.6 Å². The summed E-state index contributed by atoms with van der Waals surface area (Å²) in [6.45, 7) is 6.42. The minimum Gasteiger partial charge on any atom is -0.517 e. The molecule has 130 valence electrons. The van der Waals surface area contributed by atoms with Crippen molar-refractivity contribution in [1.29, 1.82) is 0 Å². The van der Waals surface area contributed by atoms with Crippen molar-refractivity contribution in [3.63, 3.8) is 0 Å². The van der Waals surface area contributed by atoms with Crippen LogP contribution in [0.25, 0.3) is 10.9 Å². The van der Waals surface area contributed by atoms with Crippen molar-refractivity contribution >= 4 is 25.2 Å². The van der Waals surface area contributed by atoms with Crippen LogP contribution in [0.4, 0.5) is 0 Å². The van der Waals surface area contributed by atoms with Crippen LogP contribution in [-0.4, -0.2) is 30.7 Å². The lowest BCUT2D eigenvalue weighted by Gasteiger charge is -2.16. The Balaban J connectivity index is 1.80. The first-order chi connectivity index (χ1) is 11.9. The third-order valence-electron chi connectivity index (χ3n) is 3.55. The Morgan fingerprint density at radius 1 is 1.04 bits per heavy atom. The number of ether oxygens (including phenoxy) is 1. The average Bonchev–Trinajstić information content (AvgIpc) is 2.91. The molecule has 0 unspecified atom stereocenters. The molecular formula is C19H22N2O3Si. The van der Waals surface area contributed by atoms with Gasteiger partial charge < -0.3 is 9.16 Å². The van der Waals surface area contributed by atoms with Gasteiger partial charge in [0.1, 0.15) is 0 Å². The number of hydrogen-bond donors (Lipinski definition) is 0. The second-order valence-corrected chi connectivity index (χ2v) is 11.3. The first-order valence-electron chi connectivity index (χ1n) is 8.26. The molecule has 0 spiro atoms. The summed E-state index contributed by atoms with van der Waals surface area (Å²) >= 11 is 0. The molecule has 0 saturated carbocycles. The second kappa shape index (κ2) is 7.10. The van der Waals surface area contributed by atoms with E-state index in [-0.39, 0.29) is 12.6 Å². The summed E-state index contributed by atoms with van der Waals surface area (Å²) in [5.74, 6) is 0.111. The van der Waals surface area contributed by atoms with Gasteiger partial charge in [-0.15, -0.1) is 5.10 Å². The minimum atomic E-state index is -1.91. The smallest absolute Gasteiger partial charge is 0.330 e. The van der Waals surface area contributed by atoms with Gasteiger partial charge in [-0.25, -0.2) is 4.79 Å². The van der Waals surface area contributed by atoms with Crippen LogP contribution in [-0.2, 0) is 15.8 Å². The molecule has 0 aliphatic heterocycles. The molecule has 1 aromatic heterocycles. The molecule has 0 aliphatic carbocycles. The fourth-order valence-corrected chi connectivity index (χ4v) is 3.32. The van der Waals surface area contributed by atoms with E-state index >= 15 is 0 Å². The van der Waals surface area contributed by atoms with Crippen molar-refractivity contribution in [2.45, 2.75) is 26.2 Å². The normalized spacial score (nSPS) is 11.5. The average molecular weight is 354 g/mol. The highest BCUT2D eigenvalue weighted by Crippen LogP contribution is 2.25. The highest BCUT2D eigenvalue weighted by Gasteiger charge is 2.21. The Hall–Kier alpha value is -2.60. The van der Waals surface area contributed by atoms with E-state index in [1.54, 1.807) is 0 Å². The number of benzene rings is 2. The summed E-state index contributed by atoms with van der Waals surface area (Å²) in [6.07, 6.45) is 0. The highest BCUT2D eigenvalue weighted by molar-refractivity contribution is 6.71. The number of nitrogens with zero attached hydrogens (tertiary/aromatic N) is 2. The number of para-hydroxylation sites is 1. The fraction of sp³-hybridized carbons (Fsp3) is 0.263. The van der Waals surface area contributed by atoms with Gasteiger partial charge in [0.15, 0.2) is 6.61 Å². The molecule has 0 aliphatic rings. The van der Waals surface area contributed by atoms with E-state index in [9.17, 15) is 4.79 Å². The summed E-state index contributed by atoms with van der Waals surface area (Å²) in [5.41, 5.74) is 2.13. The van der Waals surface area contributed by atoms with Crippen molar-refractivity contribution < 1.29 is 14.0 Å². The zero-order valence-electron chi connectivity index (χ0n) is 14.7. The number of aromatic nitrogens is 2. The van der Waals surface area contributed by atoms with E-state index in [0.717, 1.165) is 16.5 Å². The molecule has 0 amide bonds. The molecule has 3 rings (SSSR count). The largest absolute Gasteiger partial charge is 0.517 e. The van der Waals surface area contributed by atoms with Crippen LogP contribution in [0.5, 0.6) is 5.88 Å². The quantitative estimate of drug-likeness (QED) is 0.631. The Bertz CT molecular complexity index is 869. The van der Waals surface area contributed by atoms with Crippen LogP contribution in [0, 0.1) is 0 Å². The third-order valence-corrected chi connectivity index (χ3v) is 4.39. The summed E-state index contributed by atoms with van der Waals surface area (Å²) in [4.78, 5) is 11.9. The maximum absolute atomic E-state index is 11.9. The molecule has 0 atom stereocenters. The van der Waals surface area contributed by atoms with Gasteiger partial charge in [0, 0.05) is 0 Å². The number of carbonyl (C=O) groups is 1. The monoisotopic (exact) mass is 354 g/mol. The van der Waals surface area contributed by atoms with Crippen LogP contribution in [0.15, 0.2) is 54.6 Å². The SMILES string of the molecule is C[Si](C)(C)OC(=O)COc1nn(Cc2ccccc2)c2ccccc12. The van der Waals surface area contributed by atoms with E-state index in [0.29, 0.717) is 12.4 Å². The molecule has 3 aromatic rings. The predicted molar refractivity (Wildman–Crippen MR) is 100 cm³/mol. The molecule has 1 heterocycles. The summed E-state index contributed by atoms with van der Waals surface area (Å²) < 4.78 is 13.0. The van der Waals surface area contributed by atoms with E-state index in [4.69, 9.17) is 9.16 Å². The van der Waals surface area contributed by atoms with Crippen molar-refractivity contribution in [1.82, 2.24) is 9.78 Å². The van der Waals surface area contributed by atoms with Gasteiger partial charge in [0.05, 0.1) is 17.4 Å². The maximum atomic E-state index is 11.9. The van der Waals surface area contributed by atoms with Gasteiger partial charge in [-0.2, -0.15) is 0 Å². The van der Waals surface area contributed by atoms with E-state index in [2.05, 4.69) is 17.2 Å². The predicted octanol–water partition coefficient (Wildman–Crippen LogP) is 3.84. The molecule has 0 saturated heterocycles. The Morgan fingerprint density at radius 2 is 1.72 bits per heavy atom. The summed E-state index contributed by atoms with van der Waals surface area (Å²) in [5, 5.41) is 5.44. The topological polar surface area (TPSA) is 53.4 Å². The molecule has 6 heteroatoms. The van der Waals surface area contributed by atoms with Crippen molar-refractivity contribution in [2.75, 3.05) is 6.61 Å². The molecular weight excluding hydrogens is 332 g/mol. The molecule has 0 radical (unpaired) electrons. The van der Waals surface area contributed by atoms with E-state index in [1.807, 2.05) is 66.8 Å².